The number of hydrogen-bond acceptors (Lipinski definition) is 3. The van der Waals surface area contributed by atoms with Crippen LogP contribution in [0.25, 0.3) is 0 Å². The number of piperidine rings is 1. The van der Waals surface area contributed by atoms with Crippen molar-refractivity contribution in [1.82, 2.24) is 10.2 Å². The molecule has 26 heavy (non-hydrogen) atoms. The second-order valence-corrected chi connectivity index (χ2v) is 6.08. The lowest BCUT2D eigenvalue weighted by Gasteiger charge is -2.32. The topological polar surface area (TPSA) is 70.7 Å². The Labute approximate surface area is 149 Å². The van der Waals surface area contributed by atoms with Crippen molar-refractivity contribution in [1.29, 1.82) is 0 Å². The van der Waals surface area contributed by atoms with Gasteiger partial charge in [-0.15, -0.1) is 13.2 Å². The molecule has 0 unspecified atom stereocenters. The van der Waals surface area contributed by atoms with Crippen molar-refractivity contribution in [2.24, 2.45) is 0 Å². The second kappa shape index (κ2) is 8.77. The molecular formula is C17H22F3N3O3. The molecule has 0 saturated carbocycles. The van der Waals surface area contributed by atoms with Crippen LogP contribution in [0.5, 0.6) is 5.75 Å². The zero-order chi connectivity index (χ0) is 19.2. The molecule has 1 aromatic rings. The highest BCUT2D eigenvalue weighted by atomic mass is 19.4. The summed E-state index contributed by atoms with van der Waals surface area (Å²) in [6, 6.07) is 4.42. The van der Waals surface area contributed by atoms with Crippen LogP contribution in [-0.4, -0.2) is 42.3 Å². The SMILES string of the molecule is CCCC(=O)N1CCC(NC(=O)Nc2ccc(OC(F)(F)F)cc2)CC1. The third kappa shape index (κ3) is 6.45. The largest absolute Gasteiger partial charge is 0.573 e. The maximum absolute atomic E-state index is 12.1. The smallest absolute Gasteiger partial charge is 0.406 e. The summed E-state index contributed by atoms with van der Waals surface area (Å²) in [5.74, 6) is -0.218. The Kier molecular flexibility index (Phi) is 6.70. The number of amides is 3. The number of hydrogen-bond donors (Lipinski definition) is 2. The van der Waals surface area contributed by atoms with E-state index in [1.807, 2.05) is 6.92 Å². The molecule has 1 aliphatic rings. The van der Waals surface area contributed by atoms with Gasteiger partial charge < -0.3 is 20.3 Å². The van der Waals surface area contributed by atoms with Gasteiger partial charge in [-0.1, -0.05) is 6.92 Å². The highest BCUT2D eigenvalue weighted by molar-refractivity contribution is 5.89. The summed E-state index contributed by atoms with van der Waals surface area (Å²) in [5.41, 5.74) is 0.354. The Morgan fingerprint density at radius 2 is 1.81 bits per heavy atom. The Hall–Kier alpha value is -2.45. The monoisotopic (exact) mass is 373 g/mol. The molecule has 1 saturated heterocycles. The number of urea groups is 1. The molecule has 3 amide bonds. The Morgan fingerprint density at radius 1 is 1.19 bits per heavy atom. The first-order chi connectivity index (χ1) is 12.3. The number of rotatable bonds is 5. The minimum absolute atomic E-state index is 0.0477. The van der Waals surface area contributed by atoms with E-state index in [4.69, 9.17) is 0 Å². The molecule has 144 valence electrons. The van der Waals surface area contributed by atoms with Gasteiger partial charge in [0.2, 0.25) is 5.91 Å². The molecule has 1 fully saturated rings. The van der Waals surface area contributed by atoms with Crippen molar-refractivity contribution < 1.29 is 27.5 Å². The van der Waals surface area contributed by atoms with Crippen molar-refractivity contribution in [2.45, 2.75) is 45.0 Å². The quantitative estimate of drug-likeness (QED) is 0.830. The predicted octanol–water partition coefficient (Wildman–Crippen LogP) is 3.50. The predicted molar refractivity (Wildman–Crippen MR) is 89.8 cm³/mol. The number of benzene rings is 1. The number of nitrogens with one attached hydrogen (secondary N) is 2. The summed E-state index contributed by atoms with van der Waals surface area (Å²) in [6.07, 6.45) is -2.07. The molecule has 0 bridgehead atoms. The Morgan fingerprint density at radius 3 is 2.35 bits per heavy atom. The van der Waals surface area contributed by atoms with Crippen molar-refractivity contribution in [3.8, 4) is 5.75 Å². The molecule has 0 aliphatic carbocycles. The third-order valence-corrected chi connectivity index (χ3v) is 3.99. The molecule has 2 rings (SSSR count). The van der Waals surface area contributed by atoms with E-state index in [1.165, 1.54) is 12.1 Å². The van der Waals surface area contributed by atoms with Crippen molar-refractivity contribution in [2.75, 3.05) is 18.4 Å². The maximum Gasteiger partial charge on any atom is 0.573 e. The fraction of sp³-hybridized carbons (Fsp3) is 0.529. The average molecular weight is 373 g/mol. The van der Waals surface area contributed by atoms with Gasteiger partial charge in [0.15, 0.2) is 0 Å². The highest BCUT2D eigenvalue weighted by Gasteiger charge is 2.31. The Bertz CT molecular complexity index is 612. The molecule has 1 aromatic carbocycles. The van der Waals surface area contributed by atoms with E-state index in [0.717, 1.165) is 18.6 Å². The summed E-state index contributed by atoms with van der Waals surface area (Å²) in [4.78, 5) is 25.6. The van der Waals surface area contributed by atoms with Crippen LogP contribution in [0.15, 0.2) is 24.3 Å². The van der Waals surface area contributed by atoms with Crippen LogP contribution < -0.4 is 15.4 Å². The van der Waals surface area contributed by atoms with Gasteiger partial charge in [0.1, 0.15) is 5.75 Å². The van der Waals surface area contributed by atoms with E-state index < -0.39 is 12.4 Å². The van der Waals surface area contributed by atoms with Gasteiger partial charge >= 0.3 is 12.4 Å². The van der Waals surface area contributed by atoms with E-state index >= 15 is 0 Å². The summed E-state index contributed by atoms with van der Waals surface area (Å²) in [5, 5.41) is 5.38. The lowest BCUT2D eigenvalue weighted by molar-refractivity contribution is -0.274. The highest BCUT2D eigenvalue weighted by Crippen LogP contribution is 2.24. The second-order valence-electron chi connectivity index (χ2n) is 6.08. The van der Waals surface area contributed by atoms with Crippen molar-refractivity contribution >= 4 is 17.6 Å². The first kappa shape index (κ1) is 19.9. The van der Waals surface area contributed by atoms with Crippen LogP contribution in [0.1, 0.15) is 32.6 Å². The van der Waals surface area contributed by atoms with Crippen LogP contribution in [0.3, 0.4) is 0 Å². The zero-order valence-electron chi connectivity index (χ0n) is 14.4. The van der Waals surface area contributed by atoms with Crippen LogP contribution >= 0.6 is 0 Å². The van der Waals surface area contributed by atoms with E-state index in [9.17, 15) is 22.8 Å². The van der Waals surface area contributed by atoms with Crippen LogP contribution in [0.4, 0.5) is 23.7 Å². The van der Waals surface area contributed by atoms with Crippen molar-refractivity contribution in [3.05, 3.63) is 24.3 Å². The fourth-order valence-corrected chi connectivity index (χ4v) is 2.74. The number of ether oxygens (including phenoxy) is 1. The molecular weight excluding hydrogens is 351 g/mol. The van der Waals surface area contributed by atoms with Gasteiger partial charge in [0.05, 0.1) is 0 Å². The van der Waals surface area contributed by atoms with Crippen molar-refractivity contribution in [3.63, 3.8) is 0 Å². The van der Waals surface area contributed by atoms with Gasteiger partial charge in [0.25, 0.3) is 0 Å². The molecule has 6 nitrogen and oxygen atoms in total. The molecule has 0 radical (unpaired) electrons. The fourth-order valence-electron chi connectivity index (χ4n) is 2.74. The summed E-state index contributed by atoms with van der Waals surface area (Å²) in [6.45, 7) is 3.17. The van der Waals surface area contributed by atoms with Crippen LogP contribution in [-0.2, 0) is 4.79 Å². The Balaban J connectivity index is 1.76. The van der Waals surface area contributed by atoms with Crippen LogP contribution in [0, 0.1) is 0 Å². The molecule has 1 heterocycles. The lowest BCUT2D eigenvalue weighted by atomic mass is 10.0. The van der Waals surface area contributed by atoms with E-state index in [2.05, 4.69) is 15.4 Å². The first-order valence-electron chi connectivity index (χ1n) is 8.48. The van der Waals surface area contributed by atoms with E-state index in [-0.39, 0.29) is 17.7 Å². The number of halogens is 3. The van der Waals surface area contributed by atoms with Gasteiger partial charge in [-0.25, -0.2) is 4.79 Å². The molecule has 2 N–H and O–H groups in total. The van der Waals surface area contributed by atoms with Gasteiger partial charge in [-0.2, -0.15) is 0 Å². The van der Waals surface area contributed by atoms with E-state index in [1.54, 1.807) is 4.90 Å². The normalized spacial score (nSPS) is 15.5. The number of carbonyl (C=O) groups is 2. The molecule has 1 aliphatic heterocycles. The third-order valence-electron chi connectivity index (χ3n) is 3.99. The average Bonchev–Trinajstić information content (AvgIpc) is 2.56. The van der Waals surface area contributed by atoms with Gasteiger partial charge in [-0.05, 0) is 43.5 Å². The molecule has 0 aromatic heterocycles. The maximum atomic E-state index is 12.1. The number of likely N-dealkylation sites (tertiary alicyclic amines) is 1. The zero-order valence-corrected chi connectivity index (χ0v) is 14.4. The minimum atomic E-state index is -4.75. The molecule has 0 atom stereocenters. The summed E-state index contributed by atoms with van der Waals surface area (Å²) >= 11 is 0. The lowest BCUT2D eigenvalue weighted by Crippen LogP contribution is -2.47. The summed E-state index contributed by atoms with van der Waals surface area (Å²) in [7, 11) is 0. The molecule has 9 heteroatoms. The minimum Gasteiger partial charge on any atom is -0.406 e. The number of anilines is 1. The number of alkyl halides is 3. The van der Waals surface area contributed by atoms with E-state index in [0.29, 0.717) is 38.0 Å². The molecule has 0 spiro atoms. The first-order valence-corrected chi connectivity index (χ1v) is 8.48. The van der Waals surface area contributed by atoms with Gasteiger partial charge in [0, 0.05) is 31.2 Å². The van der Waals surface area contributed by atoms with Gasteiger partial charge in [-0.3, -0.25) is 4.79 Å². The summed E-state index contributed by atoms with van der Waals surface area (Å²) < 4.78 is 40.1. The van der Waals surface area contributed by atoms with Crippen LogP contribution in [0.2, 0.25) is 0 Å². The standard InChI is InChI=1S/C17H22F3N3O3/c1-2-3-15(24)23-10-8-13(9-11-23)22-16(25)21-12-4-6-14(7-5-12)26-17(18,19)20/h4-7,13H,2-3,8-11H2,1H3,(H2,21,22,25). The number of carbonyl (C=O) groups excluding carboxylic acids is 2. The number of nitrogens with zero attached hydrogens (tertiary/aromatic N) is 1.